The molecule has 0 aliphatic carbocycles. The predicted molar refractivity (Wildman–Crippen MR) is 64.8 cm³/mol. The summed E-state index contributed by atoms with van der Waals surface area (Å²) in [7, 11) is 0. The molecule has 0 fully saturated rings. The number of nitriles is 1. The van der Waals surface area contributed by atoms with Crippen molar-refractivity contribution in [1.29, 1.82) is 5.26 Å². The zero-order valence-corrected chi connectivity index (χ0v) is 11.1. The van der Waals surface area contributed by atoms with E-state index in [1.165, 1.54) is 13.0 Å². The molecular weight excluding hydrogens is 309 g/mol. The summed E-state index contributed by atoms with van der Waals surface area (Å²) in [5.41, 5.74) is -1.64. The maximum Gasteiger partial charge on any atom is 0.573 e. The first-order valence-electron chi connectivity index (χ1n) is 5.80. The van der Waals surface area contributed by atoms with Crippen LogP contribution in [0.25, 0.3) is 0 Å². The molecule has 0 aliphatic rings. The Hall–Kier alpha value is -2.83. The molecule has 0 spiro atoms. The summed E-state index contributed by atoms with van der Waals surface area (Å²) in [5, 5.41) is 19.7. The Morgan fingerprint density at radius 2 is 2.09 bits per heavy atom. The Labute approximate surface area is 122 Å². The lowest BCUT2D eigenvalue weighted by molar-refractivity contribution is -0.385. The third-order valence-electron chi connectivity index (χ3n) is 2.36. The van der Waals surface area contributed by atoms with Gasteiger partial charge in [-0.05, 0) is 12.5 Å². The third kappa shape index (κ3) is 4.62. The van der Waals surface area contributed by atoms with Crippen LogP contribution in [-0.4, -0.2) is 23.9 Å². The Morgan fingerprint density at radius 1 is 1.45 bits per heavy atom. The number of rotatable bonds is 5. The highest BCUT2D eigenvalue weighted by atomic mass is 19.4. The van der Waals surface area contributed by atoms with Crippen LogP contribution in [0, 0.1) is 21.4 Å². The number of ether oxygens (including phenoxy) is 2. The monoisotopic (exact) mass is 318 g/mol. The van der Waals surface area contributed by atoms with Crippen LogP contribution in [0.1, 0.15) is 18.1 Å². The molecule has 118 valence electrons. The first-order chi connectivity index (χ1) is 10.2. The summed E-state index contributed by atoms with van der Waals surface area (Å²) in [4.78, 5) is 21.2. The molecule has 0 saturated heterocycles. The summed E-state index contributed by atoms with van der Waals surface area (Å²) in [5.74, 6) is -1.87. The number of nitro groups is 1. The molecule has 7 nitrogen and oxygen atoms in total. The Kier molecular flexibility index (Phi) is 5.28. The van der Waals surface area contributed by atoms with Crippen LogP contribution in [0.15, 0.2) is 12.1 Å². The molecule has 22 heavy (non-hydrogen) atoms. The second-order valence-corrected chi connectivity index (χ2v) is 3.88. The minimum absolute atomic E-state index is 0.0154. The van der Waals surface area contributed by atoms with Gasteiger partial charge in [-0.25, -0.2) is 0 Å². The van der Waals surface area contributed by atoms with Crippen LogP contribution < -0.4 is 4.74 Å². The second-order valence-electron chi connectivity index (χ2n) is 3.88. The van der Waals surface area contributed by atoms with Gasteiger partial charge in [-0.2, -0.15) is 5.26 Å². The topological polar surface area (TPSA) is 102 Å². The van der Waals surface area contributed by atoms with Crippen LogP contribution in [-0.2, 0) is 16.0 Å². The lowest BCUT2D eigenvalue weighted by atomic mass is 10.0. The molecule has 1 rings (SSSR count). The summed E-state index contributed by atoms with van der Waals surface area (Å²) in [6.07, 6.45) is -5.73. The van der Waals surface area contributed by atoms with Crippen molar-refractivity contribution in [2.45, 2.75) is 19.7 Å². The largest absolute Gasteiger partial charge is 0.573 e. The zero-order chi connectivity index (χ0) is 16.9. The number of hydrogen-bond acceptors (Lipinski definition) is 6. The van der Waals surface area contributed by atoms with Crippen molar-refractivity contribution in [3.63, 3.8) is 0 Å². The van der Waals surface area contributed by atoms with Crippen molar-refractivity contribution in [2.24, 2.45) is 0 Å². The second kappa shape index (κ2) is 6.75. The van der Waals surface area contributed by atoms with Gasteiger partial charge < -0.3 is 9.47 Å². The number of carbonyl (C=O) groups is 1. The highest BCUT2D eigenvalue weighted by Crippen LogP contribution is 2.32. The Bertz CT molecular complexity index is 637. The SMILES string of the molecule is CCOC(=O)Cc1cc([N+](=O)[O-])cc(OC(F)(F)F)c1C#N. The average Bonchev–Trinajstić information content (AvgIpc) is 2.36. The van der Waals surface area contributed by atoms with E-state index in [2.05, 4.69) is 9.47 Å². The molecule has 0 radical (unpaired) electrons. The van der Waals surface area contributed by atoms with Gasteiger partial charge in [0.05, 0.1) is 29.6 Å². The highest BCUT2D eigenvalue weighted by Gasteiger charge is 2.34. The number of esters is 1. The van der Waals surface area contributed by atoms with E-state index < -0.39 is 40.7 Å². The molecule has 0 aromatic heterocycles. The van der Waals surface area contributed by atoms with Crippen molar-refractivity contribution in [2.75, 3.05) is 6.61 Å². The Balaban J connectivity index is 3.37. The van der Waals surface area contributed by atoms with E-state index in [9.17, 15) is 28.1 Å². The molecule has 1 aromatic carbocycles. The summed E-state index contributed by atoms with van der Waals surface area (Å²) in [6.45, 7) is 1.52. The standard InChI is InChI=1S/C12H9F3N2O5/c1-2-21-11(18)4-7-3-8(17(19)20)5-10(9(7)6-16)22-12(13,14)15/h3,5H,2,4H2,1H3. The van der Waals surface area contributed by atoms with Gasteiger partial charge in [0, 0.05) is 6.07 Å². The van der Waals surface area contributed by atoms with Crippen LogP contribution in [0.4, 0.5) is 18.9 Å². The average molecular weight is 318 g/mol. The minimum Gasteiger partial charge on any atom is -0.466 e. The zero-order valence-electron chi connectivity index (χ0n) is 11.1. The van der Waals surface area contributed by atoms with Gasteiger partial charge in [0.25, 0.3) is 5.69 Å². The number of nitro benzene ring substituents is 1. The van der Waals surface area contributed by atoms with E-state index >= 15 is 0 Å². The van der Waals surface area contributed by atoms with Crippen molar-refractivity contribution in [3.8, 4) is 11.8 Å². The summed E-state index contributed by atoms with van der Waals surface area (Å²) >= 11 is 0. The first-order valence-corrected chi connectivity index (χ1v) is 5.80. The fourth-order valence-corrected chi connectivity index (χ4v) is 1.60. The molecule has 0 bridgehead atoms. The number of alkyl halides is 3. The molecule has 1 aromatic rings. The van der Waals surface area contributed by atoms with Crippen molar-refractivity contribution in [1.82, 2.24) is 0 Å². The number of halogens is 3. The van der Waals surface area contributed by atoms with Gasteiger partial charge in [-0.15, -0.1) is 13.2 Å². The van der Waals surface area contributed by atoms with Crippen molar-refractivity contribution >= 4 is 11.7 Å². The number of hydrogen-bond donors (Lipinski definition) is 0. The van der Waals surface area contributed by atoms with Gasteiger partial charge in [0.1, 0.15) is 6.07 Å². The van der Waals surface area contributed by atoms with Gasteiger partial charge in [0.15, 0.2) is 5.75 Å². The van der Waals surface area contributed by atoms with E-state index in [0.29, 0.717) is 6.07 Å². The molecule has 0 aliphatic heterocycles. The van der Waals surface area contributed by atoms with Crippen LogP contribution in [0.3, 0.4) is 0 Å². The number of carbonyl (C=O) groups excluding carboxylic acids is 1. The highest BCUT2D eigenvalue weighted by molar-refractivity contribution is 5.75. The van der Waals surface area contributed by atoms with Gasteiger partial charge in [-0.3, -0.25) is 14.9 Å². The van der Waals surface area contributed by atoms with E-state index in [0.717, 1.165) is 6.07 Å². The molecule has 0 atom stereocenters. The molecule has 0 heterocycles. The van der Waals surface area contributed by atoms with Gasteiger partial charge in [0.2, 0.25) is 0 Å². The molecule has 0 unspecified atom stereocenters. The van der Waals surface area contributed by atoms with Crippen LogP contribution in [0.2, 0.25) is 0 Å². The predicted octanol–water partition coefficient (Wildman–Crippen LogP) is 2.47. The first kappa shape index (κ1) is 17.2. The molecular formula is C12H9F3N2O5. The summed E-state index contributed by atoms with van der Waals surface area (Å²) in [6, 6.07) is 2.75. The molecule has 0 amide bonds. The Morgan fingerprint density at radius 3 is 2.55 bits per heavy atom. The van der Waals surface area contributed by atoms with E-state index in [1.54, 1.807) is 0 Å². The third-order valence-corrected chi connectivity index (χ3v) is 2.36. The van der Waals surface area contributed by atoms with Crippen LogP contribution >= 0.6 is 0 Å². The van der Waals surface area contributed by atoms with Gasteiger partial charge in [-0.1, -0.05) is 0 Å². The molecule has 0 N–H and O–H groups in total. The van der Waals surface area contributed by atoms with Gasteiger partial charge >= 0.3 is 12.3 Å². The smallest absolute Gasteiger partial charge is 0.466 e. The fraction of sp³-hybridized carbons (Fsp3) is 0.333. The minimum atomic E-state index is -5.14. The van der Waals surface area contributed by atoms with E-state index in [1.807, 2.05) is 0 Å². The summed E-state index contributed by atoms with van der Waals surface area (Å²) < 4.78 is 45.2. The maximum atomic E-state index is 12.3. The van der Waals surface area contributed by atoms with E-state index in [-0.39, 0.29) is 12.2 Å². The lowest BCUT2D eigenvalue weighted by Gasteiger charge is -2.12. The number of nitrogens with zero attached hydrogens (tertiary/aromatic N) is 2. The fourth-order valence-electron chi connectivity index (χ4n) is 1.60. The quantitative estimate of drug-likeness (QED) is 0.469. The molecule has 0 saturated carbocycles. The normalized spacial score (nSPS) is 10.7. The lowest BCUT2D eigenvalue weighted by Crippen LogP contribution is -2.19. The van der Waals surface area contributed by atoms with E-state index in [4.69, 9.17) is 5.26 Å². The molecule has 10 heteroatoms. The van der Waals surface area contributed by atoms with Crippen molar-refractivity contribution in [3.05, 3.63) is 33.4 Å². The maximum absolute atomic E-state index is 12.3. The number of non-ortho nitro benzene ring substituents is 1. The number of benzene rings is 1. The van der Waals surface area contributed by atoms with Crippen LogP contribution in [0.5, 0.6) is 5.75 Å². The van der Waals surface area contributed by atoms with Crippen molar-refractivity contribution < 1.29 is 32.4 Å².